The predicted octanol–water partition coefficient (Wildman–Crippen LogP) is 4.30. The highest BCUT2D eigenvalue weighted by molar-refractivity contribution is 7.18. The second-order valence-electron chi connectivity index (χ2n) is 5.94. The van der Waals surface area contributed by atoms with Crippen LogP contribution in [0.4, 0.5) is 8.78 Å². The SMILES string of the molecule is Cc1sc2nc3n(c(=O)c2c1C)CC/C3=C/c1ccc(F)cc1F. The van der Waals surface area contributed by atoms with Crippen LogP contribution in [-0.2, 0) is 6.54 Å². The molecule has 0 fully saturated rings. The van der Waals surface area contributed by atoms with Gasteiger partial charge in [0.25, 0.3) is 5.56 Å². The van der Waals surface area contributed by atoms with Gasteiger partial charge in [0.2, 0.25) is 0 Å². The second-order valence-corrected chi connectivity index (χ2v) is 7.14. The second kappa shape index (κ2) is 5.34. The fourth-order valence-electron chi connectivity index (χ4n) is 3.07. The van der Waals surface area contributed by atoms with Crippen LogP contribution < -0.4 is 5.56 Å². The van der Waals surface area contributed by atoms with Gasteiger partial charge in [0.1, 0.15) is 22.3 Å². The maximum absolute atomic E-state index is 13.9. The summed E-state index contributed by atoms with van der Waals surface area (Å²) in [5, 5.41) is 0.676. The van der Waals surface area contributed by atoms with Crippen molar-refractivity contribution < 1.29 is 8.78 Å². The molecule has 0 N–H and O–H groups in total. The molecule has 3 heterocycles. The molecule has 1 aliphatic rings. The Hall–Kier alpha value is -2.34. The van der Waals surface area contributed by atoms with E-state index in [2.05, 4.69) is 4.98 Å². The van der Waals surface area contributed by atoms with Crippen LogP contribution in [0.5, 0.6) is 0 Å². The Balaban J connectivity index is 1.91. The van der Waals surface area contributed by atoms with Crippen LogP contribution >= 0.6 is 11.3 Å². The number of aromatic nitrogens is 2. The van der Waals surface area contributed by atoms with E-state index in [1.54, 1.807) is 10.6 Å². The Morgan fingerprint density at radius 1 is 1.29 bits per heavy atom. The lowest BCUT2D eigenvalue weighted by Gasteiger charge is -2.04. The average molecular weight is 344 g/mol. The summed E-state index contributed by atoms with van der Waals surface area (Å²) in [5.74, 6) is -0.647. The topological polar surface area (TPSA) is 34.9 Å². The van der Waals surface area contributed by atoms with Crippen molar-refractivity contribution in [2.45, 2.75) is 26.8 Å². The van der Waals surface area contributed by atoms with Crippen molar-refractivity contribution >= 4 is 33.2 Å². The molecule has 0 saturated heterocycles. The number of allylic oxidation sites excluding steroid dienone is 1. The van der Waals surface area contributed by atoms with E-state index in [0.717, 1.165) is 22.1 Å². The van der Waals surface area contributed by atoms with E-state index in [1.165, 1.54) is 23.5 Å². The van der Waals surface area contributed by atoms with Gasteiger partial charge in [-0.2, -0.15) is 0 Å². The standard InChI is InChI=1S/C18H14F2N2OS/c1-9-10(2)24-17-15(9)18(23)22-6-5-12(16(22)21-17)7-11-3-4-13(19)8-14(11)20/h3-4,7-8H,5-6H2,1-2H3/b12-7-. The minimum atomic E-state index is -0.618. The highest BCUT2D eigenvalue weighted by Crippen LogP contribution is 2.32. The van der Waals surface area contributed by atoms with Gasteiger partial charge < -0.3 is 0 Å². The zero-order valence-electron chi connectivity index (χ0n) is 13.2. The van der Waals surface area contributed by atoms with E-state index >= 15 is 0 Å². The van der Waals surface area contributed by atoms with Gasteiger partial charge in [-0.05, 0) is 49.6 Å². The third-order valence-electron chi connectivity index (χ3n) is 4.47. The molecule has 1 aliphatic heterocycles. The van der Waals surface area contributed by atoms with Crippen LogP contribution in [0, 0.1) is 25.5 Å². The van der Waals surface area contributed by atoms with Crippen LogP contribution in [0.15, 0.2) is 23.0 Å². The molecule has 0 spiro atoms. The fourth-order valence-corrected chi connectivity index (χ4v) is 4.09. The third kappa shape index (κ3) is 2.21. The predicted molar refractivity (Wildman–Crippen MR) is 92.2 cm³/mol. The Morgan fingerprint density at radius 2 is 2.08 bits per heavy atom. The molecular formula is C18H14F2N2OS. The van der Waals surface area contributed by atoms with E-state index in [-0.39, 0.29) is 5.56 Å². The van der Waals surface area contributed by atoms with E-state index in [1.807, 2.05) is 13.8 Å². The summed E-state index contributed by atoms with van der Waals surface area (Å²) in [5.41, 5.74) is 2.03. The summed E-state index contributed by atoms with van der Waals surface area (Å²) < 4.78 is 28.6. The van der Waals surface area contributed by atoms with Crippen LogP contribution in [0.2, 0.25) is 0 Å². The van der Waals surface area contributed by atoms with Crippen molar-refractivity contribution in [3.8, 4) is 0 Å². The van der Waals surface area contributed by atoms with Gasteiger partial charge in [0, 0.05) is 23.1 Å². The van der Waals surface area contributed by atoms with Crippen LogP contribution in [0.1, 0.15) is 28.2 Å². The maximum atomic E-state index is 13.9. The first-order chi connectivity index (χ1) is 11.5. The smallest absolute Gasteiger partial charge is 0.262 e. The molecule has 3 aromatic rings. The zero-order valence-corrected chi connectivity index (χ0v) is 14.0. The lowest BCUT2D eigenvalue weighted by atomic mass is 10.1. The van der Waals surface area contributed by atoms with Crippen molar-refractivity contribution in [3.63, 3.8) is 0 Å². The van der Waals surface area contributed by atoms with Gasteiger partial charge in [-0.3, -0.25) is 9.36 Å². The Bertz CT molecular complexity index is 1080. The van der Waals surface area contributed by atoms with Crippen molar-refractivity contribution in [3.05, 3.63) is 62.0 Å². The fraction of sp³-hybridized carbons (Fsp3) is 0.222. The highest BCUT2D eigenvalue weighted by atomic mass is 32.1. The van der Waals surface area contributed by atoms with E-state index in [9.17, 15) is 13.6 Å². The quantitative estimate of drug-likeness (QED) is 0.660. The molecule has 2 aromatic heterocycles. The molecule has 6 heteroatoms. The van der Waals surface area contributed by atoms with Crippen molar-refractivity contribution in [1.82, 2.24) is 9.55 Å². The number of rotatable bonds is 1. The minimum absolute atomic E-state index is 0.0418. The molecule has 1 aromatic carbocycles. The number of hydrogen-bond acceptors (Lipinski definition) is 3. The van der Waals surface area contributed by atoms with E-state index in [4.69, 9.17) is 0 Å². The molecule has 0 atom stereocenters. The molecule has 0 saturated carbocycles. The van der Waals surface area contributed by atoms with Crippen LogP contribution in [0.3, 0.4) is 0 Å². The van der Waals surface area contributed by atoms with Crippen LogP contribution in [-0.4, -0.2) is 9.55 Å². The lowest BCUT2D eigenvalue weighted by Crippen LogP contribution is -2.20. The zero-order chi connectivity index (χ0) is 17.0. The van der Waals surface area contributed by atoms with Gasteiger partial charge in [-0.25, -0.2) is 13.8 Å². The summed E-state index contributed by atoms with van der Waals surface area (Å²) in [4.78, 5) is 19.2. The normalized spacial score (nSPS) is 15.4. The van der Waals surface area contributed by atoms with Crippen LogP contribution in [0.25, 0.3) is 21.9 Å². The highest BCUT2D eigenvalue weighted by Gasteiger charge is 2.23. The molecule has 4 rings (SSSR count). The number of benzene rings is 1. The number of halogens is 2. The van der Waals surface area contributed by atoms with Gasteiger partial charge >= 0.3 is 0 Å². The molecule has 0 radical (unpaired) electrons. The third-order valence-corrected chi connectivity index (χ3v) is 5.57. The molecule has 0 amide bonds. The Morgan fingerprint density at radius 3 is 2.83 bits per heavy atom. The van der Waals surface area contributed by atoms with Gasteiger partial charge in [-0.15, -0.1) is 11.3 Å². The largest absolute Gasteiger partial charge is 0.292 e. The number of thiophene rings is 1. The van der Waals surface area contributed by atoms with Gasteiger partial charge in [-0.1, -0.05) is 0 Å². The maximum Gasteiger partial charge on any atom is 0.262 e. The Kier molecular flexibility index (Phi) is 3.38. The van der Waals surface area contributed by atoms with Gasteiger partial charge in [0.15, 0.2) is 0 Å². The Labute approximate surface area is 140 Å². The summed E-state index contributed by atoms with van der Waals surface area (Å²) in [6.45, 7) is 4.44. The first-order valence-corrected chi connectivity index (χ1v) is 8.44. The number of nitrogens with zero attached hydrogens (tertiary/aromatic N) is 2. The molecule has 3 nitrogen and oxygen atoms in total. The van der Waals surface area contributed by atoms with Crippen molar-refractivity contribution in [2.24, 2.45) is 0 Å². The molecule has 0 aliphatic carbocycles. The number of hydrogen-bond donors (Lipinski definition) is 0. The molecule has 0 bridgehead atoms. The van der Waals surface area contributed by atoms with E-state index < -0.39 is 11.6 Å². The van der Waals surface area contributed by atoms with E-state index in [0.29, 0.717) is 34.6 Å². The van der Waals surface area contributed by atoms with Gasteiger partial charge in [0.05, 0.1) is 5.39 Å². The van der Waals surface area contributed by atoms with Crippen molar-refractivity contribution in [1.29, 1.82) is 0 Å². The molecule has 0 unspecified atom stereocenters. The minimum Gasteiger partial charge on any atom is -0.292 e. The number of fused-ring (bicyclic) bond motifs is 2. The first-order valence-electron chi connectivity index (χ1n) is 7.62. The number of aryl methyl sites for hydroxylation is 2. The average Bonchev–Trinajstić information content (AvgIpc) is 3.05. The molecular weight excluding hydrogens is 330 g/mol. The summed E-state index contributed by atoms with van der Waals surface area (Å²) in [6.07, 6.45) is 2.26. The van der Waals surface area contributed by atoms with Crippen molar-refractivity contribution in [2.75, 3.05) is 0 Å². The summed E-state index contributed by atoms with van der Waals surface area (Å²) >= 11 is 1.50. The molecule has 122 valence electrons. The monoisotopic (exact) mass is 344 g/mol. The summed E-state index contributed by atoms with van der Waals surface area (Å²) in [6, 6.07) is 3.48. The summed E-state index contributed by atoms with van der Waals surface area (Å²) in [7, 11) is 0. The first kappa shape index (κ1) is 15.2. The lowest BCUT2D eigenvalue weighted by molar-refractivity contribution is 0.581. The molecule has 24 heavy (non-hydrogen) atoms.